The minimum Gasteiger partial charge on any atom is -0.480 e. The predicted octanol–water partition coefficient (Wildman–Crippen LogP) is -0.444. The Hall–Kier alpha value is -2.38. The van der Waals surface area contributed by atoms with Crippen molar-refractivity contribution in [1.82, 2.24) is 15.1 Å². The Bertz CT molecular complexity index is 482. The third kappa shape index (κ3) is 4.41. The minimum atomic E-state index is -1.21. The number of carbonyl (C=O) groups excluding carboxylic acids is 2. The number of aryl methyl sites for hydroxylation is 1. The van der Waals surface area contributed by atoms with Crippen molar-refractivity contribution in [2.24, 2.45) is 7.05 Å². The molecule has 1 aromatic heterocycles. The fourth-order valence-corrected chi connectivity index (χ4v) is 1.39. The lowest BCUT2D eigenvalue weighted by Crippen LogP contribution is -2.41. The van der Waals surface area contributed by atoms with E-state index in [1.54, 1.807) is 13.2 Å². The summed E-state index contributed by atoms with van der Waals surface area (Å²) in [7, 11) is 2.85. The van der Waals surface area contributed by atoms with Crippen molar-refractivity contribution >= 4 is 17.8 Å². The van der Waals surface area contributed by atoms with Crippen molar-refractivity contribution in [3.05, 3.63) is 18.0 Å². The number of methoxy groups -OCH3 is 1. The van der Waals surface area contributed by atoms with Gasteiger partial charge >= 0.3 is 11.9 Å². The van der Waals surface area contributed by atoms with Gasteiger partial charge in [0.1, 0.15) is 11.7 Å². The molecule has 0 bridgehead atoms. The molecule has 2 N–H and O–H groups in total. The van der Waals surface area contributed by atoms with Crippen molar-refractivity contribution < 1.29 is 24.2 Å². The van der Waals surface area contributed by atoms with Crippen LogP contribution in [-0.2, 0) is 21.4 Å². The lowest BCUT2D eigenvalue weighted by Gasteiger charge is -2.12. The second kappa shape index (κ2) is 6.53. The zero-order chi connectivity index (χ0) is 14.4. The molecule has 0 saturated carbocycles. The summed E-state index contributed by atoms with van der Waals surface area (Å²) < 4.78 is 5.84. The molecule has 0 radical (unpaired) electrons. The van der Waals surface area contributed by atoms with Crippen LogP contribution in [0.3, 0.4) is 0 Å². The fourth-order valence-electron chi connectivity index (χ4n) is 1.39. The first kappa shape index (κ1) is 14.7. The fraction of sp³-hybridized carbons (Fsp3) is 0.455. The highest BCUT2D eigenvalue weighted by Crippen LogP contribution is 2.02. The van der Waals surface area contributed by atoms with Gasteiger partial charge in [-0.1, -0.05) is 0 Å². The molecule has 1 amide bonds. The van der Waals surface area contributed by atoms with Crippen molar-refractivity contribution in [2.75, 3.05) is 7.11 Å². The van der Waals surface area contributed by atoms with Gasteiger partial charge < -0.3 is 15.2 Å². The summed E-state index contributed by atoms with van der Waals surface area (Å²) in [5, 5.41) is 15.1. The van der Waals surface area contributed by atoms with Crippen LogP contribution in [0.4, 0.5) is 0 Å². The standard InChI is InChI=1S/C11H15N3O5/c1-14-6-5-7(13-14)10(16)12-8(11(17)18)3-4-9(15)19-2/h5-6,8H,3-4H2,1-2H3,(H,12,16)(H,17,18)/t8-/m1/s1. The number of aromatic nitrogens is 2. The SMILES string of the molecule is COC(=O)CC[C@@H](NC(=O)c1ccn(C)n1)C(=O)O. The number of carbonyl (C=O) groups is 3. The molecule has 1 rings (SSSR count). The topological polar surface area (TPSA) is 111 Å². The van der Waals surface area contributed by atoms with E-state index in [4.69, 9.17) is 5.11 Å². The molecule has 8 heteroatoms. The summed E-state index contributed by atoms with van der Waals surface area (Å²) in [4.78, 5) is 33.7. The van der Waals surface area contributed by atoms with Gasteiger partial charge in [-0.25, -0.2) is 4.79 Å². The normalized spacial score (nSPS) is 11.7. The molecule has 19 heavy (non-hydrogen) atoms. The van der Waals surface area contributed by atoms with Crippen LogP contribution in [0.1, 0.15) is 23.3 Å². The monoisotopic (exact) mass is 269 g/mol. The molecule has 1 atom stereocenters. The van der Waals surface area contributed by atoms with Crippen molar-refractivity contribution in [1.29, 1.82) is 0 Å². The van der Waals surface area contributed by atoms with E-state index in [0.717, 1.165) is 0 Å². The zero-order valence-electron chi connectivity index (χ0n) is 10.6. The first-order chi connectivity index (χ1) is 8.93. The van der Waals surface area contributed by atoms with Crippen molar-refractivity contribution in [3.63, 3.8) is 0 Å². The summed E-state index contributed by atoms with van der Waals surface area (Å²) >= 11 is 0. The molecular weight excluding hydrogens is 254 g/mol. The van der Waals surface area contributed by atoms with E-state index in [0.29, 0.717) is 0 Å². The van der Waals surface area contributed by atoms with Gasteiger partial charge in [0, 0.05) is 19.7 Å². The Morgan fingerprint density at radius 3 is 2.68 bits per heavy atom. The van der Waals surface area contributed by atoms with Gasteiger partial charge in [0.2, 0.25) is 0 Å². The average Bonchev–Trinajstić information content (AvgIpc) is 2.80. The molecule has 0 aromatic carbocycles. The molecule has 0 fully saturated rings. The second-order valence-electron chi connectivity index (χ2n) is 3.85. The number of amides is 1. The largest absolute Gasteiger partial charge is 0.480 e. The van der Waals surface area contributed by atoms with E-state index in [9.17, 15) is 14.4 Å². The first-order valence-corrected chi connectivity index (χ1v) is 5.54. The maximum absolute atomic E-state index is 11.7. The number of nitrogens with one attached hydrogen (secondary N) is 1. The molecule has 1 aromatic rings. The van der Waals surface area contributed by atoms with Gasteiger partial charge in [-0.3, -0.25) is 14.3 Å². The van der Waals surface area contributed by atoms with Gasteiger partial charge in [0.15, 0.2) is 0 Å². The maximum atomic E-state index is 11.7. The third-order valence-corrected chi connectivity index (χ3v) is 2.41. The number of aliphatic carboxylic acids is 1. The van der Waals surface area contributed by atoms with E-state index in [2.05, 4.69) is 15.2 Å². The van der Waals surface area contributed by atoms with Gasteiger partial charge in [-0.2, -0.15) is 5.10 Å². The zero-order valence-corrected chi connectivity index (χ0v) is 10.6. The van der Waals surface area contributed by atoms with Gasteiger partial charge in [0.05, 0.1) is 7.11 Å². The number of carboxylic acids is 1. The van der Waals surface area contributed by atoms with Crippen LogP contribution in [-0.4, -0.2) is 45.9 Å². The molecule has 0 saturated heterocycles. The summed E-state index contributed by atoms with van der Waals surface area (Å²) in [6.45, 7) is 0. The van der Waals surface area contributed by atoms with Gasteiger partial charge in [0.25, 0.3) is 5.91 Å². The second-order valence-corrected chi connectivity index (χ2v) is 3.85. The van der Waals surface area contributed by atoms with Crippen LogP contribution in [0.2, 0.25) is 0 Å². The molecule has 8 nitrogen and oxygen atoms in total. The first-order valence-electron chi connectivity index (χ1n) is 5.54. The molecule has 0 aliphatic heterocycles. The van der Waals surface area contributed by atoms with Crippen LogP contribution in [0.25, 0.3) is 0 Å². The molecule has 0 aliphatic rings. The highest BCUT2D eigenvalue weighted by Gasteiger charge is 2.22. The predicted molar refractivity (Wildman–Crippen MR) is 63.3 cm³/mol. The lowest BCUT2D eigenvalue weighted by molar-refractivity contribution is -0.142. The molecule has 0 spiro atoms. The molecule has 0 aliphatic carbocycles. The van der Waals surface area contributed by atoms with E-state index in [-0.39, 0.29) is 18.5 Å². The number of rotatable bonds is 6. The van der Waals surface area contributed by atoms with Crippen LogP contribution < -0.4 is 5.32 Å². The quantitative estimate of drug-likeness (QED) is 0.677. The Morgan fingerprint density at radius 2 is 2.21 bits per heavy atom. The maximum Gasteiger partial charge on any atom is 0.326 e. The number of carboxylic acid groups (broad SMARTS) is 1. The average molecular weight is 269 g/mol. The van der Waals surface area contributed by atoms with E-state index in [1.165, 1.54) is 17.9 Å². The van der Waals surface area contributed by atoms with Crippen molar-refractivity contribution in [3.8, 4) is 0 Å². The Balaban J connectivity index is 2.61. The molecule has 104 valence electrons. The van der Waals surface area contributed by atoms with Crippen LogP contribution in [0.5, 0.6) is 0 Å². The van der Waals surface area contributed by atoms with Crippen LogP contribution >= 0.6 is 0 Å². The smallest absolute Gasteiger partial charge is 0.326 e. The summed E-state index contributed by atoms with van der Waals surface area (Å²) in [5.74, 6) is -2.34. The minimum absolute atomic E-state index is 0.0411. The molecular formula is C11H15N3O5. The number of nitrogens with zero attached hydrogens (tertiary/aromatic N) is 2. The number of hydrogen-bond acceptors (Lipinski definition) is 5. The lowest BCUT2D eigenvalue weighted by atomic mass is 10.1. The summed E-state index contributed by atoms with van der Waals surface area (Å²) in [6.07, 6.45) is 1.44. The molecule has 1 heterocycles. The van der Waals surface area contributed by atoms with Crippen LogP contribution in [0, 0.1) is 0 Å². The Morgan fingerprint density at radius 1 is 1.53 bits per heavy atom. The van der Waals surface area contributed by atoms with Crippen LogP contribution in [0.15, 0.2) is 12.3 Å². The summed E-state index contributed by atoms with van der Waals surface area (Å²) in [6, 6.07) is 0.308. The summed E-state index contributed by atoms with van der Waals surface area (Å²) in [5.41, 5.74) is 0.117. The van der Waals surface area contributed by atoms with Gasteiger partial charge in [-0.05, 0) is 12.5 Å². The Labute approximate surface area is 109 Å². The third-order valence-electron chi connectivity index (χ3n) is 2.41. The highest BCUT2D eigenvalue weighted by molar-refractivity contribution is 5.94. The van der Waals surface area contributed by atoms with E-state index < -0.39 is 23.9 Å². The Kier molecular flexibility index (Phi) is 5.04. The van der Waals surface area contributed by atoms with E-state index >= 15 is 0 Å². The van der Waals surface area contributed by atoms with Gasteiger partial charge in [-0.15, -0.1) is 0 Å². The number of hydrogen-bond donors (Lipinski definition) is 2. The van der Waals surface area contributed by atoms with E-state index in [1.807, 2.05) is 0 Å². The number of esters is 1. The van der Waals surface area contributed by atoms with Crippen molar-refractivity contribution in [2.45, 2.75) is 18.9 Å². The molecule has 0 unspecified atom stereocenters. The number of ether oxygens (including phenoxy) is 1. The highest BCUT2D eigenvalue weighted by atomic mass is 16.5.